The van der Waals surface area contributed by atoms with Gasteiger partial charge in [0.15, 0.2) is 0 Å². The van der Waals surface area contributed by atoms with Crippen molar-refractivity contribution in [3.05, 3.63) is 29.8 Å². The Morgan fingerprint density at radius 2 is 2.32 bits per heavy atom. The van der Waals surface area contributed by atoms with Crippen LogP contribution in [0.5, 0.6) is 0 Å². The minimum Gasteiger partial charge on any atom is -0.381 e. The summed E-state index contributed by atoms with van der Waals surface area (Å²) >= 11 is 0. The van der Waals surface area contributed by atoms with Gasteiger partial charge in [-0.05, 0) is 24.1 Å². The number of amides is 1. The van der Waals surface area contributed by atoms with Crippen LogP contribution in [0.2, 0.25) is 0 Å². The number of anilines is 1. The lowest BCUT2D eigenvalue weighted by Gasteiger charge is -2.12. The number of carbonyl (C=O) groups excluding carboxylic acids is 1. The largest absolute Gasteiger partial charge is 0.381 e. The van der Waals surface area contributed by atoms with Crippen molar-refractivity contribution >= 4 is 11.6 Å². The molecule has 1 unspecified atom stereocenters. The summed E-state index contributed by atoms with van der Waals surface area (Å²) in [4.78, 5) is 12.0. The SMILES string of the molecule is CC(C)NCc1cccc(NC(=O)C2CCOC2)c1. The van der Waals surface area contributed by atoms with Gasteiger partial charge in [0.1, 0.15) is 0 Å². The molecular weight excluding hydrogens is 240 g/mol. The molecule has 0 aliphatic carbocycles. The van der Waals surface area contributed by atoms with Crippen LogP contribution in [0.25, 0.3) is 0 Å². The van der Waals surface area contributed by atoms with Gasteiger partial charge in [0, 0.05) is 24.9 Å². The highest BCUT2D eigenvalue weighted by Crippen LogP contribution is 2.16. The average Bonchev–Trinajstić information content (AvgIpc) is 2.91. The normalized spacial score (nSPS) is 18.8. The molecule has 1 atom stereocenters. The third-order valence-electron chi connectivity index (χ3n) is 3.21. The molecule has 2 N–H and O–H groups in total. The summed E-state index contributed by atoms with van der Waals surface area (Å²) in [6.45, 7) is 6.28. The van der Waals surface area contributed by atoms with Crippen LogP contribution < -0.4 is 10.6 Å². The van der Waals surface area contributed by atoms with Gasteiger partial charge in [0.25, 0.3) is 0 Å². The van der Waals surface area contributed by atoms with Crippen molar-refractivity contribution in [3.63, 3.8) is 0 Å². The maximum atomic E-state index is 12.0. The number of nitrogens with one attached hydrogen (secondary N) is 2. The van der Waals surface area contributed by atoms with E-state index in [0.29, 0.717) is 19.3 Å². The molecule has 4 heteroatoms. The van der Waals surface area contributed by atoms with E-state index in [-0.39, 0.29) is 11.8 Å². The number of benzene rings is 1. The first-order valence-electron chi connectivity index (χ1n) is 6.86. The molecule has 1 aliphatic rings. The first-order valence-corrected chi connectivity index (χ1v) is 6.86. The minimum atomic E-state index is -0.00237. The van der Waals surface area contributed by atoms with Crippen LogP contribution in [0, 0.1) is 5.92 Å². The molecule has 1 aliphatic heterocycles. The van der Waals surface area contributed by atoms with Gasteiger partial charge in [-0.1, -0.05) is 26.0 Å². The lowest BCUT2D eigenvalue weighted by molar-refractivity contribution is -0.119. The van der Waals surface area contributed by atoms with Crippen LogP contribution in [0.3, 0.4) is 0 Å². The van der Waals surface area contributed by atoms with Crippen LogP contribution in [-0.4, -0.2) is 25.2 Å². The van der Waals surface area contributed by atoms with Crippen molar-refractivity contribution in [3.8, 4) is 0 Å². The summed E-state index contributed by atoms with van der Waals surface area (Å²) in [6, 6.07) is 8.42. The molecular formula is C15H22N2O2. The van der Waals surface area contributed by atoms with E-state index in [1.807, 2.05) is 18.2 Å². The smallest absolute Gasteiger partial charge is 0.229 e. The van der Waals surface area contributed by atoms with E-state index >= 15 is 0 Å². The summed E-state index contributed by atoms with van der Waals surface area (Å²) in [5.74, 6) is 0.0592. The van der Waals surface area contributed by atoms with Crippen molar-refractivity contribution in [2.24, 2.45) is 5.92 Å². The molecule has 1 aromatic rings. The van der Waals surface area contributed by atoms with E-state index < -0.39 is 0 Å². The fraction of sp³-hybridized carbons (Fsp3) is 0.533. The van der Waals surface area contributed by atoms with Crippen LogP contribution in [0.1, 0.15) is 25.8 Å². The molecule has 0 saturated carbocycles. The molecule has 0 spiro atoms. The van der Waals surface area contributed by atoms with Gasteiger partial charge in [-0.25, -0.2) is 0 Å². The Bertz CT molecular complexity index is 426. The van der Waals surface area contributed by atoms with E-state index in [9.17, 15) is 4.79 Å². The van der Waals surface area contributed by atoms with Gasteiger partial charge in [0.2, 0.25) is 5.91 Å². The number of ether oxygens (including phenoxy) is 1. The van der Waals surface area contributed by atoms with Gasteiger partial charge in [-0.15, -0.1) is 0 Å². The number of hydrogen-bond donors (Lipinski definition) is 2. The van der Waals surface area contributed by atoms with Crippen molar-refractivity contribution in [2.75, 3.05) is 18.5 Å². The van der Waals surface area contributed by atoms with E-state index in [1.54, 1.807) is 0 Å². The maximum absolute atomic E-state index is 12.0. The quantitative estimate of drug-likeness (QED) is 0.855. The second-order valence-electron chi connectivity index (χ2n) is 5.29. The van der Waals surface area contributed by atoms with Gasteiger partial charge < -0.3 is 15.4 Å². The maximum Gasteiger partial charge on any atom is 0.229 e. The van der Waals surface area contributed by atoms with E-state index in [2.05, 4.69) is 30.5 Å². The zero-order valence-corrected chi connectivity index (χ0v) is 11.6. The highest BCUT2D eigenvalue weighted by Gasteiger charge is 2.23. The van der Waals surface area contributed by atoms with Gasteiger partial charge in [0.05, 0.1) is 12.5 Å². The zero-order valence-electron chi connectivity index (χ0n) is 11.6. The molecule has 104 valence electrons. The van der Waals surface area contributed by atoms with Crippen LogP contribution in [0.15, 0.2) is 24.3 Å². The van der Waals surface area contributed by atoms with Crippen molar-refractivity contribution < 1.29 is 9.53 Å². The Morgan fingerprint density at radius 3 is 3.00 bits per heavy atom. The number of rotatable bonds is 5. The standard InChI is InChI=1S/C15H22N2O2/c1-11(2)16-9-12-4-3-5-14(8-12)17-15(18)13-6-7-19-10-13/h3-5,8,11,13,16H,6-7,9-10H2,1-2H3,(H,17,18). The molecule has 1 heterocycles. The highest BCUT2D eigenvalue weighted by molar-refractivity contribution is 5.92. The molecule has 1 fully saturated rings. The minimum absolute atomic E-state index is 0.00237. The van der Waals surface area contributed by atoms with E-state index in [0.717, 1.165) is 18.7 Å². The molecule has 0 radical (unpaired) electrons. The van der Waals surface area contributed by atoms with E-state index in [1.165, 1.54) is 5.56 Å². The van der Waals surface area contributed by atoms with Crippen molar-refractivity contribution in [2.45, 2.75) is 32.9 Å². The van der Waals surface area contributed by atoms with Gasteiger partial charge in [-0.3, -0.25) is 4.79 Å². The molecule has 4 nitrogen and oxygen atoms in total. The third kappa shape index (κ3) is 4.33. The van der Waals surface area contributed by atoms with Gasteiger partial charge in [-0.2, -0.15) is 0 Å². The highest BCUT2D eigenvalue weighted by atomic mass is 16.5. The molecule has 1 saturated heterocycles. The monoisotopic (exact) mass is 262 g/mol. The Labute approximate surface area is 114 Å². The number of hydrogen-bond acceptors (Lipinski definition) is 3. The van der Waals surface area contributed by atoms with Crippen LogP contribution in [-0.2, 0) is 16.1 Å². The van der Waals surface area contributed by atoms with Gasteiger partial charge >= 0.3 is 0 Å². The molecule has 0 bridgehead atoms. The topological polar surface area (TPSA) is 50.4 Å². The summed E-state index contributed by atoms with van der Waals surface area (Å²) in [6.07, 6.45) is 0.820. The lowest BCUT2D eigenvalue weighted by Crippen LogP contribution is -2.23. The van der Waals surface area contributed by atoms with Crippen LogP contribution >= 0.6 is 0 Å². The second-order valence-corrected chi connectivity index (χ2v) is 5.29. The van der Waals surface area contributed by atoms with Crippen molar-refractivity contribution in [1.29, 1.82) is 0 Å². The first-order chi connectivity index (χ1) is 9.15. The average molecular weight is 262 g/mol. The summed E-state index contributed by atoms with van der Waals surface area (Å²) in [5.41, 5.74) is 2.04. The zero-order chi connectivity index (χ0) is 13.7. The predicted molar refractivity (Wildman–Crippen MR) is 76.0 cm³/mol. The third-order valence-corrected chi connectivity index (χ3v) is 3.21. The first kappa shape index (κ1) is 14.0. The lowest BCUT2D eigenvalue weighted by atomic mass is 10.1. The number of carbonyl (C=O) groups is 1. The Morgan fingerprint density at radius 1 is 1.47 bits per heavy atom. The Kier molecular flexibility index (Phi) is 4.93. The Balaban J connectivity index is 1.92. The van der Waals surface area contributed by atoms with Crippen LogP contribution in [0.4, 0.5) is 5.69 Å². The molecule has 0 aromatic heterocycles. The molecule has 19 heavy (non-hydrogen) atoms. The summed E-state index contributed by atoms with van der Waals surface area (Å²) in [7, 11) is 0. The summed E-state index contributed by atoms with van der Waals surface area (Å²) < 4.78 is 5.23. The fourth-order valence-electron chi connectivity index (χ4n) is 2.07. The summed E-state index contributed by atoms with van der Waals surface area (Å²) in [5, 5.41) is 6.33. The van der Waals surface area contributed by atoms with E-state index in [4.69, 9.17) is 4.74 Å². The molecule has 1 amide bonds. The molecule has 2 rings (SSSR count). The Hall–Kier alpha value is -1.39. The fourth-order valence-corrected chi connectivity index (χ4v) is 2.07. The molecule has 1 aromatic carbocycles. The van der Waals surface area contributed by atoms with Crippen molar-refractivity contribution in [1.82, 2.24) is 5.32 Å². The second kappa shape index (κ2) is 6.68. The predicted octanol–water partition coefficient (Wildman–Crippen LogP) is 2.16.